The minimum atomic E-state index is -0.0277. The lowest BCUT2D eigenvalue weighted by Crippen LogP contribution is -2.36. The molecule has 0 bridgehead atoms. The van der Waals surface area contributed by atoms with Gasteiger partial charge < -0.3 is 10.6 Å². The number of carbonyl (C=O) groups excluding carboxylic acids is 1. The van der Waals surface area contributed by atoms with Crippen molar-refractivity contribution in [1.29, 1.82) is 0 Å². The lowest BCUT2D eigenvalue weighted by molar-refractivity contribution is 0.0973. The molecule has 0 aliphatic carbocycles. The molecule has 110 valence electrons. The van der Waals surface area contributed by atoms with Crippen molar-refractivity contribution in [1.82, 2.24) is 9.78 Å². The molecule has 21 heavy (non-hydrogen) atoms. The normalized spacial score (nSPS) is 14.3. The van der Waals surface area contributed by atoms with Crippen molar-refractivity contribution in [3.05, 3.63) is 41.6 Å². The van der Waals surface area contributed by atoms with E-state index in [1.807, 2.05) is 36.9 Å². The minimum Gasteiger partial charge on any atom is -0.382 e. The van der Waals surface area contributed by atoms with E-state index in [2.05, 4.69) is 11.2 Å². The van der Waals surface area contributed by atoms with Gasteiger partial charge in [-0.3, -0.25) is 9.48 Å². The van der Waals surface area contributed by atoms with Crippen LogP contribution in [0.15, 0.2) is 30.3 Å². The molecular weight excluding hydrogens is 264 g/mol. The van der Waals surface area contributed by atoms with E-state index in [1.165, 1.54) is 5.56 Å². The van der Waals surface area contributed by atoms with Gasteiger partial charge in [-0.05, 0) is 38.3 Å². The van der Waals surface area contributed by atoms with E-state index in [-0.39, 0.29) is 11.9 Å². The highest BCUT2D eigenvalue weighted by atomic mass is 16.2. The van der Waals surface area contributed by atoms with E-state index < -0.39 is 0 Å². The van der Waals surface area contributed by atoms with E-state index in [0.29, 0.717) is 11.5 Å². The zero-order valence-electron chi connectivity index (χ0n) is 12.4. The minimum absolute atomic E-state index is 0.0277. The Hall–Kier alpha value is -2.30. The number of aryl methyl sites for hydroxylation is 1. The predicted molar refractivity (Wildman–Crippen MR) is 83.5 cm³/mol. The summed E-state index contributed by atoms with van der Waals surface area (Å²) in [6.07, 6.45) is 2.00. The van der Waals surface area contributed by atoms with Crippen LogP contribution in [0.2, 0.25) is 0 Å². The van der Waals surface area contributed by atoms with Crippen LogP contribution in [-0.2, 0) is 6.42 Å². The first-order chi connectivity index (χ1) is 10.1. The number of hydrogen-bond acceptors (Lipinski definition) is 3. The number of rotatable bonds is 2. The summed E-state index contributed by atoms with van der Waals surface area (Å²) in [5.41, 5.74) is 8.56. The summed E-state index contributed by atoms with van der Waals surface area (Å²) < 4.78 is 1.70. The van der Waals surface area contributed by atoms with Crippen molar-refractivity contribution in [3.8, 4) is 0 Å². The van der Waals surface area contributed by atoms with E-state index in [9.17, 15) is 4.79 Å². The summed E-state index contributed by atoms with van der Waals surface area (Å²) in [5, 5.41) is 4.23. The van der Waals surface area contributed by atoms with E-state index in [1.54, 1.807) is 10.7 Å². The van der Waals surface area contributed by atoms with Gasteiger partial charge in [-0.15, -0.1) is 0 Å². The molecule has 0 unspecified atom stereocenters. The number of anilines is 2. The Morgan fingerprint density at radius 3 is 2.86 bits per heavy atom. The van der Waals surface area contributed by atoms with E-state index in [4.69, 9.17) is 5.73 Å². The number of para-hydroxylation sites is 1. The van der Waals surface area contributed by atoms with Crippen molar-refractivity contribution in [2.45, 2.75) is 32.7 Å². The van der Waals surface area contributed by atoms with Gasteiger partial charge in [0.25, 0.3) is 5.91 Å². The summed E-state index contributed by atoms with van der Waals surface area (Å²) in [4.78, 5) is 14.8. The molecule has 0 radical (unpaired) electrons. The second-order valence-electron chi connectivity index (χ2n) is 5.68. The van der Waals surface area contributed by atoms with Crippen molar-refractivity contribution in [2.24, 2.45) is 0 Å². The van der Waals surface area contributed by atoms with Crippen molar-refractivity contribution in [3.63, 3.8) is 0 Å². The molecule has 3 rings (SSSR count). The molecule has 2 heterocycles. The average molecular weight is 284 g/mol. The van der Waals surface area contributed by atoms with Gasteiger partial charge in [0.2, 0.25) is 0 Å². The van der Waals surface area contributed by atoms with Crippen LogP contribution in [0.25, 0.3) is 0 Å². The summed E-state index contributed by atoms with van der Waals surface area (Å²) in [7, 11) is 0. The topological polar surface area (TPSA) is 64.2 Å². The number of fused-ring (bicyclic) bond motifs is 1. The number of nitrogens with zero attached hydrogens (tertiary/aromatic N) is 3. The number of amides is 1. The largest absolute Gasteiger partial charge is 0.382 e. The van der Waals surface area contributed by atoms with Crippen LogP contribution in [-0.4, -0.2) is 22.2 Å². The van der Waals surface area contributed by atoms with E-state index >= 15 is 0 Å². The average Bonchev–Trinajstić information content (AvgIpc) is 2.88. The molecule has 1 aromatic carbocycles. The summed E-state index contributed by atoms with van der Waals surface area (Å²) in [6.45, 7) is 4.72. The maximum Gasteiger partial charge on any atom is 0.276 e. The number of nitrogens with two attached hydrogens (primary N) is 1. The first-order valence-corrected chi connectivity index (χ1v) is 7.32. The fourth-order valence-electron chi connectivity index (χ4n) is 2.85. The van der Waals surface area contributed by atoms with Crippen LogP contribution < -0.4 is 10.6 Å². The summed E-state index contributed by atoms with van der Waals surface area (Å²) in [6, 6.07) is 9.84. The Morgan fingerprint density at radius 1 is 1.33 bits per heavy atom. The van der Waals surface area contributed by atoms with Crippen molar-refractivity contribution in [2.75, 3.05) is 17.2 Å². The number of aromatic nitrogens is 2. The molecule has 0 atom stereocenters. The Morgan fingerprint density at radius 2 is 2.10 bits per heavy atom. The number of hydrogen-bond donors (Lipinski definition) is 1. The Kier molecular flexibility index (Phi) is 3.41. The van der Waals surface area contributed by atoms with Gasteiger partial charge in [0.15, 0.2) is 0 Å². The molecule has 0 saturated heterocycles. The third kappa shape index (κ3) is 2.39. The zero-order valence-corrected chi connectivity index (χ0v) is 12.4. The van der Waals surface area contributed by atoms with Crippen LogP contribution in [0.3, 0.4) is 0 Å². The first-order valence-electron chi connectivity index (χ1n) is 7.32. The second kappa shape index (κ2) is 5.24. The molecular formula is C16H20N4O. The fraction of sp³-hybridized carbons (Fsp3) is 0.375. The third-order valence-electron chi connectivity index (χ3n) is 3.82. The van der Waals surface area contributed by atoms with Gasteiger partial charge in [-0.25, -0.2) is 0 Å². The van der Waals surface area contributed by atoms with Crippen LogP contribution in [0.1, 0.15) is 42.4 Å². The molecule has 0 saturated carbocycles. The molecule has 1 amide bonds. The maximum absolute atomic E-state index is 12.9. The fourth-order valence-corrected chi connectivity index (χ4v) is 2.85. The number of carbonyl (C=O) groups is 1. The van der Waals surface area contributed by atoms with Gasteiger partial charge in [0, 0.05) is 24.3 Å². The van der Waals surface area contributed by atoms with Gasteiger partial charge in [0.05, 0.1) is 0 Å². The molecule has 5 heteroatoms. The lowest BCUT2D eigenvalue weighted by Gasteiger charge is -2.29. The van der Waals surface area contributed by atoms with Crippen LogP contribution >= 0.6 is 0 Å². The molecule has 5 nitrogen and oxygen atoms in total. The smallest absolute Gasteiger partial charge is 0.276 e. The third-order valence-corrected chi connectivity index (χ3v) is 3.82. The molecule has 1 aromatic heterocycles. The van der Waals surface area contributed by atoms with Gasteiger partial charge in [0.1, 0.15) is 11.5 Å². The Balaban J connectivity index is 2.01. The number of nitrogen functional groups attached to an aromatic ring is 1. The van der Waals surface area contributed by atoms with Crippen LogP contribution in [0.4, 0.5) is 11.5 Å². The highest BCUT2D eigenvalue weighted by Crippen LogP contribution is 2.28. The van der Waals surface area contributed by atoms with Gasteiger partial charge in [-0.2, -0.15) is 5.10 Å². The highest BCUT2D eigenvalue weighted by Gasteiger charge is 2.26. The molecule has 0 spiro atoms. The Labute approximate surface area is 124 Å². The predicted octanol–water partition coefficient (Wildman–Crippen LogP) is 2.64. The highest BCUT2D eigenvalue weighted by molar-refractivity contribution is 6.06. The molecule has 2 N–H and O–H groups in total. The maximum atomic E-state index is 12.9. The molecule has 2 aromatic rings. The van der Waals surface area contributed by atoms with Crippen molar-refractivity contribution >= 4 is 17.4 Å². The second-order valence-corrected chi connectivity index (χ2v) is 5.68. The molecule has 1 aliphatic rings. The van der Waals surface area contributed by atoms with Gasteiger partial charge in [-0.1, -0.05) is 18.2 Å². The monoisotopic (exact) mass is 284 g/mol. The van der Waals surface area contributed by atoms with Crippen LogP contribution in [0, 0.1) is 0 Å². The van der Waals surface area contributed by atoms with Gasteiger partial charge >= 0.3 is 0 Å². The lowest BCUT2D eigenvalue weighted by atomic mass is 10.0. The standard InChI is InChI=1S/C16H20N4O/c1-11(2)20-14(10-15(17)18-20)16(21)19-9-5-7-12-6-3-4-8-13(12)19/h3-4,6,8,10-11H,5,7,9H2,1-2H3,(H2,17,18). The summed E-state index contributed by atoms with van der Waals surface area (Å²) >= 11 is 0. The van der Waals surface area contributed by atoms with E-state index in [0.717, 1.165) is 25.1 Å². The SMILES string of the molecule is CC(C)n1nc(N)cc1C(=O)N1CCCc2ccccc21. The number of benzene rings is 1. The van der Waals surface area contributed by atoms with Crippen LogP contribution in [0.5, 0.6) is 0 Å². The quantitative estimate of drug-likeness (QED) is 0.922. The van der Waals surface area contributed by atoms with Crippen molar-refractivity contribution < 1.29 is 4.79 Å². The molecule has 0 fully saturated rings. The summed E-state index contributed by atoms with van der Waals surface area (Å²) in [5.74, 6) is 0.359. The first kappa shape index (κ1) is 13.7. The Bertz CT molecular complexity index is 675. The zero-order chi connectivity index (χ0) is 15.0. The molecule has 1 aliphatic heterocycles.